The molecule has 1 aliphatic heterocycles. The molecule has 1 aromatic carbocycles. The Balaban J connectivity index is 1.82. The van der Waals surface area contributed by atoms with E-state index in [4.69, 9.17) is 0 Å². The second-order valence-corrected chi connectivity index (χ2v) is 9.13. The molecule has 1 aliphatic rings. The van der Waals surface area contributed by atoms with Crippen LogP contribution in [0.4, 0.5) is 0 Å². The fourth-order valence-corrected chi connectivity index (χ4v) is 3.83. The Labute approximate surface area is 157 Å². The van der Waals surface area contributed by atoms with E-state index in [1.165, 1.54) is 5.56 Å². The molecule has 1 fully saturated rings. The van der Waals surface area contributed by atoms with Crippen LogP contribution in [0, 0.1) is 5.41 Å². The fraction of sp³-hybridized carbons (Fsp3) is 0.619. The summed E-state index contributed by atoms with van der Waals surface area (Å²) >= 11 is 0. The Bertz CT molecular complexity index is 612. The molecule has 5 nitrogen and oxygen atoms in total. The lowest BCUT2D eigenvalue weighted by molar-refractivity contribution is -0.148. The lowest BCUT2D eigenvalue weighted by Gasteiger charge is -2.36. The van der Waals surface area contributed by atoms with Gasteiger partial charge in [0.1, 0.15) is 0 Å². The standard InChI is InChI=1S/C21H33N3O2/c1-20(2,3)16-21(4,5)22-18(25)19(26)24-13-11-23(12-14-24)15-17-9-7-6-8-10-17/h6-10H,11-16H2,1-5H3,(H,22,25). The minimum absolute atomic E-state index is 0.0862. The Morgan fingerprint density at radius 2 is 1.54 bits per heavy atom. The first-order valence-corrected chi connectivity index (χ1v) is 9.43. The van der Waals surface area contributed by atoms with Gasteiger partial charge >= 0.3 is 11.8 Å². The van der Waals surface area contributed by atoms with Crippen LogP contribution >= 0.6 is 0 Å². The molecule has 26 heavy (non-hydrogen) atoms. The van der Waals surface area contributed by atoms with E-state index in [2.05, 4.69) is 43.1 Å². The third kappa shape index (κ3) is 6.45. The summed E-state index contributed by atoms with van der Waals surface area (Å²) in [6.45, 7) is 14.0. The van der Waals surface area contributed by atoms with Gasteiger partial charge in [-0.3, -0.25) is 14.5 Å². The Hall–Kier alpha value is -1.88. The monoisotopic (exact) mass is 359 g/mol. The van der Waals surface area contributed by atoms with Crippen molar-refractivity contribution < 1.29 is 9.59 Å². The molecule has 0 aliphatic carbocycles. The second kappa shape index (κ2) is 8.21. The molecular formula is C21H33N3O2. The molecule has 0 radical (unpaired) electrons. The molecule has 0 atom stereocenters. The molecule has 0 saturated carbocycles. The molecule has 0 unspecified atom stereocenters. The van der Waals surface area contributed by atoms with Gasteiger partial charge in [-0.25, -0.2) is 0 Å². The molecule has 2 rings (SSSR count). The van der Waals surface area contributed by atoms with Crippen molar-refractivity contribution in [3.05, 3.63) is 35.9 Å². The van der Waals surface area contributed by atoms with Gasteiger partial charge in [0.05, 0.1) is 0 Å². The summed E-state index contributed by atoms with van der Waals surface area (Å²) < 4.78 is 0. The average Bonchev–Trinajstić information content (AvgIpc) is 2.53. The molecule has 1 aromatic rings. The van der Waals surface area contributed by atoms with E-state index in [-0.39, 0.29) is 5.41 Å². The van der Waals surface area contributed by atoms with E-state index in [9.17, 15) is 9.59 Å². The molecule has 144 valence electrons. The number of carbonyl (C=O) groups excluding carboxylic acids is 2. The van der Waals surface area contributed by atoms with E-state index < -0.39 is 17.4 Å². The number of nitrogens with one attached hydrogen (secondary N) is 1. The van der Waals surface area contributed by atoms with E-state index >= 15 is 0 Å². The number of amides is 2. The molecule has 1 N–H and O–H groups in total. The molecule has 0 aromatic heterocycles. The molecule has 2 amide bonds. The van der Waals surface area contributed by atoms with Gasteiger partial charge < -0.3 is 10.2 Å². The number of hydrogen-bond acceptors (Lipinski definition) is 3. The smallest absolute Gasteiger partial charge is 0.311 e. The first kappa shape index (κ1) is 20.4. The zero-order chi connectivity index (χ0) is 19.4. The highest BCUT2D eigenvalue weighted by Gasteiger charge is 2.32. The van der Waals surface area contributed by atoms with Crippen LogP contribution in [-0.4, -0.2) is 53.3 Å². The van der Waals surface area contributed by atoms with Crippen molar-refractivity contribution in [1.29, 1.82) is 0 Å². The lowest BCUT2D eigenvalue weighted by Crippen LogP contribution is -2.55. The molecule has 0 bridgehead atoms. The van der Waals surface area contributed by atoms with E-state index in [1.807, 2.05) is 32.0 Å². The highest BCUT2D eigenvalue weighted by atomic mass is 16.2. The van der Waals surface area contributed by atoms with Crippen LogP contribution in [0.15, 0.2) is 30.3 Å². The average molecular weight is 360 g/mol. The molecule has 0 spiro atoms. The zero-order valence-corrected chi connectivity index (χ0v) is 16.8. The van der Waals surface area contributed by atoms with E-state index in [1.54, 1.807) is 4.90 Å². The number of carbonyl (C=O) groups is 2. The van der Waals surface area contributed by atoms with Crippen LogP contribution < -0.4 is 5.32 Å². The number of benzene rings is 1. The maximum atomic E-state index is 12.5. The predicted octanol–water partition coefficient (Wildman–Crippen LogP) is 2.66. The number of nitrogens with zero attached hydrogens (tertiary/aromatic N) is 2. The Kier molecular flexibility index (Phi) is 6.45. The normalized spacial score (nSPS) is 16.4. The SMILES string of the molecule is CC(C)(C)CC(C)(C)NC(=O)C(=O)N1CCN(Cc2ccccc2)CC1. The minimum Gasteiger partial charge on any atom is -0.343 e. The van der Waals surface area contributed by atoms with Crippen LogP contribution in [0.2, 0.25) is 0 Å². The maximum absolute atomic E-state index is 12.5. The predicted molar refractivity (Wildman–Crippen MR) is 105 cm³/mol. The van der Waals surface area contributed by atoms with Crippen LogP contribution in [0.25, 0.3) is 0 Å². The Morgan fingerprint density at radius 3 is 2.08 bits per heavy atom. The van der Waals surface area contributed by atoms with Gasteiger partial charge in [-0.2, -0.15) is 0 Å². The highest BCUT2D eigenvalue weighted by molar-refractivity contribution is 6.35. The second-order valence-electron chi connectivity index (χ2n) is 9.13. The quantitative estimate of drug-likeness (QED) is 0.841. The third-order valence-corrected chi connectivity index (χ3v) is 4.53. The van der Waals surface area contributed by atoms with Gasteiger partial charge in [0.15, 0.2) is 0 Å². The summed E-state index contributed by atoms with van der Waals surface area (Å²) in [5.74, 6) is -0.901. The summed E-state index contributed by atoms with van der Waals surface area (Å²) in [6, 6.07) is 10.3. The number of rotatable bonds is 4. The fourth-order valence-electron chi connectivity index (χ4n) is 3.83. The summed E-state index contributed by atoms with van der Waals surface area (Å²) in [5, 5.41) is 2.92. The van der Waals surface area contributed by atoms with Gasteiger partial charge in [0.25, 0.3) is 0 Å². The van der Waals surface area contributed by atoms with E-state index in [0.717, 1.165) is 26.1 Å². The zero-order valence-electron chi connectivity index (χ0n) is 16.8. The van der Waals surface area contributed by atoms with Gasteiger partial charge in [-0.15, -0.1) is 0 Å². The molecule has 5 heteroatoms. The van der Waals surface area contributed by atoms with Crippen LogP contribution in [-0.2, 0) is 16.1 Å². The first-order chi connectivity index (χ1) is 12.1. The first-order valence-electron chi connectivity index (χ1n) is 9.43. The largest absolute Gasteiger partial charge is 0.343 e. The van der Waals surface area contributed by atoms with Crippen LogP contribution in [0.3, 0.4) is 0 Å². The van der Waals surface area contributed by atoms with Gasteiger partial charge in [-0.1, -0.05) is 51.1 Å². The lowest BCUT2D eigenvalue weighted by atomic mass is 9.82. The van der Waals surface area contributed by atoms with Crippen molar-refractivity contribution in [3.63, 3.8) is 0 Å². The topological polar surface area (TPSA) is 52.7 Å². The van der Waals surface area contributed by atoms with Gasteiger partial charge in [0, 0.05) is 38.3 Å². The maximum Gasteiger partial charge on any atom is 0.311 e. The summed E-state index contributed by atoms with van der Waals surface area (Å²) in [7, 11) is 0. The highest BCUT2D eigenvalue weighted by Crippen LogP contribution is 2.26. The van der Waals surface area contributed by atoms with Crippen molar-refractivity contribution in [2.75, 3.05) is 26.2 Å². The number of piperazine rings is 1. The van der Waals surface area contributed by atoms with Gasteiger partial charge in [0.2, 0.25) is 0 Å². The van der Waals surface area contributed by atoms with Crippen LogP contribution in [0.1, 0.15) is 46.6 Å². The summed E-state index contributed by atoms with van der Waals surface area (Å²) in [6.07, 6.45) is 0.809. The minimum atomic E-state index is -0.490. The van der Waals surface area contributed by atoms with Crippen molar-refractivity contribution in [1.82, 2.24) is 15.1 Å². The third-order valence-electron chi connectivity index (χ3n) is 4.53. The summed E-state index contributed by atoms with van der Waals surface area (Å²) in [4.78, 5) is 28.9. The van der Waals surface area contributed by atoms with E-state index in [0.29, 0.717) is 13.1 Å². The van der Waals surface area contributed by atoms with Crippen molar-refractivity contribution >= 4 is 11.8 Å². The number of hydrogen-bond donors (Lipinski definition) is 1. The Morgan fingerprint density at radius 1 is 0.962 bits per heavy atom. The molecular weight excluding hydrogens is 326 g/mol. The summed E-state index contributed by atoms with van der Waals surface area (Å²) in [5.41, 5.74) is 0.956. The molecule has 1 saturated heterocycles. The van der Waals surface area contributed by atoms with Crippen molar-refractivity contribution in [2.45, 2.75) is 53.1 Å². The van der Waals surface area contributed by atoms with Crippen LogP contribution in [0.5, 0.6) is 0 Å². The molecule has 1 heterocycles. The van der Waals surface area contributed by atoms with Crippen molar-refractivity contribution in [3.8, 4) is 0 Å². The van der Waals surface area contributed by atoms with Crippen molar-refractivity contribution in [2.24, 2.45) is 5.41 Å². The van der Waals surface area contributed by atoms with Gasteiger partial charge in [-0.05, 0) is 31.2 Å².